The molecule has 3 aromatic rings. The standard InChI is InChI=1S/C21H27FN8O/c1-20(2)9-14(18(22)21(3,4)29-20)25-19-23-10-16(26-27-19)13-7-6-12(8-17(13)31)15-11-24-30(5)28-15/h6-8,10-11,14,18,29,31H,9H2,1-5H3,(H,23,25,27)/t14-,18-/m0/s1. The summed E-state index contributed by atoms with van der Waals surface area (Å²) in [5, 5.41) is 33.5. The molecule has 31 heavy (non-hydrogen) atoms. The monoisotopic (exact) mass is 426 g/mol. The Hall–Kier alpha value is -3.14. The van der Waals surface area contributed by atoms with Crippen molar-refractivity contribution in [3.8, 4) is 28.3 Å². The third kappa shape index (κ3) is 4.34. The van der Waals surface area contributed by atoms with Crippen molar-refractivity contribution >= 4 is 5.95 Å². The summed E-state index contributed by atoms with van der Waals surface area (Å²) in [6.07, 6.45) is 2.59. The minimum absolute atomic E-state index is 0.0330. The molecule has 0 aliphatic carbocycles. The van der Waals surface area contributed by atoms with Gasteiger partial charge in [-0.2, -0.15) is 15.0 Å². The van der Waals surface area contributed by atoms with Gasteiger partial charge in [0, 0.05) is 29.3 Å². The number of aryl methyl sites for hydroxylation is 1. The number of phenols is 1. The van der Waals surface area contributed by atoms with Crippen LogP contribution >= 0.6 is 0 Å². The smallest absolute Gasteiger partial charge is 0.243 e. The number of hydrogen-bond donors (Lipinski definition) is 3. The number of rotatable bonds is 4. The van der Waals surface area contributed by atoms with Gasteiger partial charge in [0.2, 0.25) is 5.95 Å². The number of aromatic hydroxyl groups is 1. The first-order chi connectivity index (χ1) is 14.5. The zero-order chi connectivity index (χ0) is 22.4. The average Bonchev–Trinajstić information content (AvgIpc) is 3.12. The molecule has 9 nitrogen and oxygen atoms in total. The molecule has 3 heterocycles. The Labute approximate surface area is 180 Å². The van der Waals surface area contributed by atoms with Crippen molar-refractivity contribution in [1.29, 1.82) is 0 Å². The highest BCUT2D eigenvalue weighted by Crippen LogP contribution is 2.33. The van der Waals surface area contributed by atoms with Crippen LogP contribution in [0.2, 0.25) is 0 Å². The maximum atomic E-state index is 15.0. The average molecular weight is 427 g/mol. The lowest BCUT2D eigenvalue weighted by atomic mass is 9.78. The molecule has 2 atom stereocenters. The summed E-state index contributed by atoms with van der Waals surface area (Å²) in [6, 6.07) is 4.70. The molecular formula is C21H27FN8O. The Morgan fingerprint density at radius 2 is 1.94 bits per heavy atom. The van der Waals surface area contributed by atoms with Crippen LogP contribution in [0.25, 0.3) is 22.5 Å². The molecule has 1 fully saturated rings. The summed E-state index contributed by atoms with van der Waals surface area (Å²) in [5.41, 5.74) is 1.39. The van der Waals surface area contributed by atoms with Crippen molar-refractivity contribution in [2.45, 2.75) is 57.4 Å². The van der Waals surface area contributed by atoms with E-state index in [-0.39, 0.29) is 17.2 Å². The van der Waals surface area contributed by atoms with E-state index in [4.69, 9.17) is 0 Å². The lowest BCUT2D eigenvalue weighted by molar-refractivity contribution is 0.0654. The number of anilines is 1. The van der Waals surface area contributed by atoms with Crippen molar-refractivity contribution in [3.63, 3.8) is 0 Å². The van der Waals surface area contributed by atoms with Gasteiger partial charge in [-0.05, 0) is 46.2 Å². The van der Waals surface area contributed by atoms with Crippen molar-refractivity contribution < 1.29 is 9.50 Å². The largest absolute Gasteiger partial charge is 0.507 e. The topological polar surface area (TPSA) is 114 Å². The number of nitrogens with one attached hydrogen (secondary N) is 2. The molecule has 0 radical (unpaired) electrons. The Balaban J connectivity index is 1.52. The molecule has 4 rings (SSSR count). The molecule has 1 aliphatic heterocycles. The highest BCUT2D eigenvalue weighted by Gasteiger charge is 2.46. The van der Waals surface area contributed by atoms with Gasteiger partial charge in [-0.25, -0.2) is 9.37 Å². The minimum Gasteiger partial charge on any atom is -0.507 e. The van der Waals surface area contributed by atoms with Crippen LogP contribution in [0.4, 0.5) is 10.3 Å². The summed E-state index contributed by atoms with van der Waals surface area (Å²) >= 11 is 0. The summed E-state index contributed by atoms with van der Waals surface area (Å²) in [7, 11) is 1.73. The molecule has 2 aromatic heterocycles. The van der Waals surface area contributed by atoms with E-state index >= 15 is 0 Å². The third-order valence-corrected chi connectivity index (χ3v) is 5.48. The second kappa shape index (κ2) is 7.52. The van der Waals surface area contributed by atoms with Gasteiger partial charge in [-0.1, -0.05) is 6.07 Å². The molecule has 10 heteroatoms. The number of halogens is 1. The number of piperidine rings is 1. The number of alkyl halides is 1. The fourth-order valence-electron chi connectivity index (χ4n) is 4.29. The number of phenolic OH excluding ortho intramolecular Hbond substituents is 1. The summed E-state index contributed by atoms with van der Waals surface area (Å²) < 4.78 is 15.0. The van der Waals surface area contributed by atoms with E-state index in [1.54, 1.807) is 25.4 Å². The zero-order valence-electron chi connectivity index (χ0n) is 18.3. The van der Waals surface area contributed by atoms with E-state index in [0.717, 1.165) is 5.56 Å². The van der Waals surface area contributed by atoms with Crippen molar-refractivity contribution in [2.75, 3.05) is 5.32 Å². The van der Waals surface area contributed by atoms with Crippen LogP contribution in [0.3, 0.4) is 0 Å². The van der Waals surface area contributed by atoms with Crippen LogP contribution in [0.15, 0.2) is 30.6 Å². The second-order valence-electron chi connectivity index (χ2n) is 9.21. The Bertz CT molecular complexity index is 1080. The molecule has 0 saturated carbocycles. The van der Waals surface area contributed by atoms with Crippen LogP contribution in [0.1, 0.15) is 34.1 Å². The molecule has 0 bridgehead atoms. The fraction of sp³-hybridized carbons (Fsp3) is 0.476. The maximum Gasteiger partial charge on any atom is 0.243 e. The summed E-state index contributed by atoms with van der Waals surface area (Å²) in [5.74, 6) is 0.284. The van der Waals surface area contributed by atoms with Crippen LogP contribution in [-0.4, -0.2) is 58.6 Å². The Morgan fingerprint density at radius 3 is 2.55 bits per heavy atom. The fourth-order valence-corrected chi connectivity index (χ4v) is 4.29. The summed E-state index contributed by atoms with van der Waals surface area (Å²) in [6.45, 7) is 7.79. The van der Waals surface area contributed by atoms with Crippen LogP contribution in [0, 0.1) is 0 Å². The first-order valence-corrected chi connectivity index (χ1v) is 10.1. The van der Waals surface area contributed by atoms with Gasteiger partial charge in [0.25, 0.3) is 0 Å². The van der Waals surface area contributed by atoms with Gasteiger partial charge in [0.1, 0.15) is 23.3 Å². The van der Waals surface area contributed by atoms with Gasteiger partial charge < -0.3 is 15.7 Å². The predicted molar refractivity (Wildman–Crippen MR) is 115 cm³/mol. The van der Waals surface area contributed by atoms with Crippen molar-refractivity contribution in [2.24, 2.45) is 7.05 Å². The van der Waals surface area contributed by atoms with E-state index in [1.165, 1.54) is 11.0 Å². The SMILES string of the molecule is Cn1ncc(-c2ccc(-c3cnc(N[C@H]4CC(C)(C)NC(C)(C)[C@H]4F)nn3)c(O)c2)n1. The number of benzene rings is 1. The number of hydrogen-bond acceptors (Lipinski definition) is 8. The summed E-state index contributed by atoms with van der Waals surface area (Å²) in [4.78, 5) is 5.75. The first kappa shape index (κ1) is 21.1. The number of nitrogens with zero attached hydrogens (tertiary/aromatic N) is 6. The van der Waals surface area contributed by atoms with Crippen LogP contribution < -0.4 is 10.6 Å². The first-order valence-electron chi connectivity index (χ1n) is 10.1. The van der Waals surface area contributed by atoms with Gasteiger partial charge in [0.05, 0.1) is 18.4 Å². The highest BCUT2D eigenvalue weighted by atomic mass is 19.1. The van der Waals surface area contributed by atoms with Gasteiger partial charge in [-0.15, -0.1) is 10.2 Å². The minimum atomic E-state index is -1.12. The third-order valence-electron chi connectivity index (χ3n) is 5.48. The van der Waals surface area contributed by atoms with E-state index in [0.29, 0.717) is 23.4 Å². The molecule has 3 N–H and O–H groups in total. The van der Waals surface area contributed by atoms with E-state index < -0.39 is 17.8 Å². The molecule has 1 aromatic carbocycles. The molecule has 0 unspecified atom stereocenters. The normalized spacial score (nSPS) is 22.3. The number of aromatic nitrogens is 6. The second-order valence-corrected chi connectivity index (χ2v) is 9.21. The van der Waals surface area contributed by atoms with Crippen LogP contribution in [0.5, 0.6) is 5.75 Å². The van der Waals surface area contributed by atoms with Crippen molar-refractivity contribution in [1.82, 2.24) is 35.5 Å². The zero-order valence-corrected chi connectivity index (χ0v) is 18.3. The molecular weight excluding hydrogens is 399 g/mol. The van der Waals surface area contributed by atoms with E-state index in [9.17, 15) is 9.50 Å². The van der Waals surface area contributed by atoms with E-state index in [1.807, 2.05) is 33.8 Å². The van der Waals surface area contributed by atoms with Gasteiger partial charge >= 0.3 is 0 Å². The maximum absolute atomic E-state index is 15.0. The predicted octanol–water partition coefficient (Wildman–Crippen LogP) is 2.71. The molecule has 1 aliphatic rings. The van der Waals surface area contributed by atoms with Gasteiger partial charge in [-0.3, -0.25) is 0 Å². The molecule has 1 saturated heterocycles. The Morgan fingerprint density at radius 1 is 1.16 bits per heavy atom. The quantitative estimate of drug-likeness (QED) is 0.584. The molecule has 0 spiro atoms. The lowest BCUT2D eigenvalue weighted by Crippen LogP contribution is -2.67. The van der Waals surface area contributed by atoms with E-state index in [2.05, 4.69) is 36.0 Å². The lowest BCUT2D eigenvalue weighted by Gasteiger charge is -2.48. The van der Waals surface area contributed by atoms with Gasteiger partial charge in [0.15, 0.2) is 0 Å². The van der Waals surface area contributed by atoms with Crippen LogP contribution in [-0.2, 0) is 7.05 Å². The Kier molecular flexibility index (Phi) is 5.12. The van der Waals surface area contributed by atoms with Crippen molar-refractivity contribution in [3.05, 3.63) is 30.6 Å². The molecule has 0 amide bonds. The molecule has 164 valence electrons. The highest BCUT2D eigenvalue weighted by molar-refractivity contribution is 5.72.